The maximum Gasteiger partial charge on any atom is 0.324 e. The monoisotopic (exact) mass is 282 g/mol. The lowest BCUT2D eigenvalue weighted by molar-refractivity contribution is -0.383. The first-order chi connectivity index (χ1) is 8.79. The number of nitrogen functional groups attached to an aromatic ring is 1. The van der Waals surface area contributed by atoms with Crippen LogP contribution in [0.15, 0.2) is 18.2 Å². The second kappa shape index (κ2) is 5.69. The molecule has 0 radical (unpaired) electrons. The summed E-state index contributed by atoms with van der Waals surface area (Å²) in [5.41, 5.74) is 0.956. The number of hydrogen-bond acceptors (Lipinski definition) is 5. The van der Waals surface area contributed by atoms with E-state index >= 15 is 0 Å². The molecule has 1 aromatic carbocycles. The van der Waals surface area contributed by atoms with E-state index in [0.717, 1.165) is 6.07 Å². The molecular weight excluding hydrogens is 272 g/mol. The Hall–Kier alpha value is -2.10. The molecule has 19 heavy (non-hydrogen) atoms. The van der Waals surface area contributed by atoms with Gasteiger partial charge in [-0.1, -0.05) is 6.07 Å². The number of para-hydroxylation sites is 1. The highest BCUT2D eigenvalue weighted by Gasteiger charge is 2.40. The standard InChI is InChI=1S/C9H10F4N4O2/c10-8(11)9(12,13)4-15-5-2-1-3-6(16-14)7(5)17(18)19/h1-3,8,15-16H,4,14H2. The van der Waals surface area contributed by atoms with Gasteiger partial charge in [0.2, 0.25) is 0 Å². The van der Waals surface area contributed by atoms with E-state index in [4.69, 9.17) is 5.84 Å². The van der Waals surface area contributed by atoms with Gasteiger partial charge in [-0.3, -0.25) is 16.0 Å². The number of hydrogen-bond donors (Lipinski definition) is 3. The topological polar surface area (TPSA) is 93.2 Å². The van der Waals surface area contributed by atoms with E-state index < -0.39 is 29.5 Å². The minimum absolute atomic E-state index is 0.129. The van der Waals surface area contributed by atoms with Gasteiger partial charge in [0, 0.05) is 0 Å². The van der Waals surface area contributed by atoms with Crippen molar-refractivity contribution in [2.45, 2.75) is 12.3 Å². The Labute approximate surface area is 104 Å². The van der Waals surface area contributed by atoms with E-state index in [1.165, 1.54) is 12.1 Å². The van der Waals surface area contributed by atoms with E-state index in [-0.39, 0.29) is 11.4 Å². The first kappa shape index (κ1) is 15.0. The van der Waals surface area contributed by atoms with Gasteiger partial charge in [-0.15, -0.1) is 0 Å². The predicted octanol–water partition coefficient (Wildman–Crippen LogP) is 2.19. The zero-order valence-corrected chi connectivity index (χ0v) is 9.37. The fourth-order valence-electron chi connectivity index (χ4n) is 1.29. The molecule has 0 spiro atoms. The molecule has 0 unspecified atom stereocenters. The lowest BCUT2D eigenvalue weighted by Gasteiger charge is -2.17. The molecule has 0 aliphatic rings. The molecule has 1 aromatic rings. The van der Waals surface area contributed by atoms with Crippen LogP contribution in [0.1, 0.15) is 0 Å². The fraction of sp³-hybridized carbons (Fsp3) is 0.333. The van der Waals surface area contributed by atoms with Gasteiger partial charge >= 0.3 is 18.0 Å². The fourth-order valence-corrected chi connectivity index (χ4v) is 1.29. The smallest absolute Gasteiger partial charge is 0.324 e. The van der Waals surface area contributed by atoms with Crippen molar-refractivity contribution in [2.75, 3.05) is 17.3 Å². The summed E-state index contributed by atoms with van der Waals surface area (Å²) in [6, 6.07) is 3.65. The molecule has 10 heteroatoms. The van der Waals surface area contributed by atoms with E-state index in [0.29, 0.717) is 0 Å². The number of benzene rings is 1. The zero-order valence-electron chi connectivity index (χ0n) is 9.37. The molecule has 0 fully saturated rings. The molecule has 1 rings (SSSR count). The Kier molecular flexibility index (Phi) is 4.48. The maximum atomic E-state index is 12.7. The van der Waals surface area contributed by atoms with Crippen LogP contribution >= 0.6 is 0 Å². The number of halogens is 4. The van der Waals surface area contributed by atoms with Crippen LogP contribution in [-0.2, 0) is 0 Å². The van der Waals surface area contributed by atoms with Gasteiger partial charge in [0.05, 0.1) is 11.5 Å². The Morgan fingerprint density at radius 3 is 2.42 bits per heavy atom. The van der Waals surface area contributed by atoms with Gasteiger partial charge in [-0.25, -0.2) is 8.78 Å². The Bertz CT molecular complexity index is 470. The first-order valence-electron chi connectivity index (χ1n) is 4.93. The number of nitrogens with zero attached hydrogens (tertiary/aromatic N) is 1. The van der Waals surface area contributed by atoms with E-state index in [1.54, 1.807) is 0 Å². The minimum atomic E-state index is -4.29. The number of nitrogens with one attached hydrogen (secondary N) is 2. The van der Waals surface area contributed by atoms with Crippen molar-refractivity contribution >= 4 is 17.1 Å². The molecule has 0 aromatic heterocycles. The van der Waals surface area contributed by atoms with Crippen LogP contribution in [0.4, 0.5) is 34.6 Å². The number of nitrogens with two attached hydrogens (primary N) is 1. The van der Waals surface area contributed by atoms with Gasteiger partial charge in [-0.2, -0.15) is 8.78 Å². The highest BCUT2D eigenvalue weighted by molar-refractivity contribution is 5.75. The number of alkyl halides is 4. The van der Waals surface area contributed by atoms with Crippen LogP contribution in [0.2, 0.25) is 0 Å². The van der Waals surface area contributed by atoms with Crippen LogP contribution in [0.3, 0.4) is 0 Å². The summed E-state index contributed by atoms with van der Waals surface area (Å²) >= 11 is 0. The molecule has 106 valence electrons. The lowest BCUT2D eigenvalue weighted by atomic mass is 10.2. The molecule has 0 aliphatic carbocycles. The maximum absolute atomic E-state index is 12.7. The van der Waals surface area contributed by atoms with Crippen molar-refractivity contribution in [3.8, 4) is 0 Å². The summed E-state index contributed by atoms with van der Waals surface area (Å²) in [7, 11) is 0. The Morgan fingerprint density at radius 1 is 1.37 bits per heavy atom. The predicted molar refractivity (Wildman–Crippen MR) is 60.3 cm³/mol. The van der Waals surface area contributed by atoms with Crippen molar-refractivity contribution < 1.29 is 22.5 Å². The number of rotatable bonds is 6. The molecule has 0 atom stereocenters. The Morgan fingerprint density at radius 2 is 1.95 bits per heavy atom. The van der Waals surface area contributed by atoms with Crippen molar-refractivity contribution in [3.05, 3.63) is 28.3 Å². The summed E-state index contributed by atoms with van der Waals surface area (Å²) in [6.07, 6.45) is -3.87. The largest absolute Gasteiger partial charge is 0.373 e. The number of anilines is 2. The van der Waals surface area contributed by atoms with Crippen LogP contribution in [-0.4, -0.2) is 23.8 Å². The zero-order chi connectivity index (χ0) is 14.6. The summed E-state index contributed by atoms with van der Waals surface area (Å²) in [6.45, 7) is -1.43. The van der Waals surface area contributed by atoms with Crippen molar-refractivity contribution in [1.29, 1.82) is 0 Å². The quantitative estimate of drug-likeness (QED) is 0.322. The van der Waals surface area contributed by atoms with Gasteiger partial charge in [-0.05, 0) is 12.1 Å². The van der Waals surface area contributed by atoms with Gasteiger partial charge in [0.1, 0.15) is 11.4 Å². The second-order valence-electron chi connectivity index (χ2n) is 3.52. The average Bonchev–Trinajstić information content (AvgIpc) is 2.35. The van der Waals surface area contributed by atoms with Crippen LogP contribution in [0.25, 0.3) is 0 Å². The molecule has 0 heterocycles. The van der Waals surface area contributed by atoms with Crippen LogP contribution in [0.5, 0.6) is 0 Å². The minimum Gasteiger partial charge on any atom is -0.373 e. The SMILES string of the molecule is NNc1cccc(NCC(F)(F)C(F)F)c1[N+](=O)[O-]. The molecule has 0 amide bonds. The van der Waals surface area contributed by atoms with Crippen LogP contribution in [0, 0.1) is 10.1 Å². The van der Waals surface area contributed by atoms with Crippen molar-refractivity contribution in [1.82, 2.24) is 0 Å². The molecule has 4 N–H and O–H groups in total. The first-order valence-corrected chi connectivity index (χ1v) is 4.93. The molecule has 6 nitrogen and oxygen atoms in total. The number of nitro groups is 1. The molecule has 0 bridgehead atoms. The highest BCUT2D eigenvalue weighted by atomic mass is 19.3. The summed E-state index contributed by atoms with van der Waals surface area (Å²) < 4.78 is 49.4. The molecule has 0 aliphatic heterocycles. The van der Waals surface area contributed by atoms with E-state index in [2.05, 4.69) is 0 Å². The Balaban J connectivity index is 2.99. The van der Waals surface area contributed by atoms with Gasteiger partial charge in [0.15, 0.2) is 0 Å². The summed E-state index contributed by atoms with van der Waals surface area (Å²) in [5, 5.41) is 12.7. The molecule has 0 saturated heterocycles. The third-order valence-electron chi connectivity index (χ3n) is 2.21. The molecular formula is C9H10F4N4O2. The van der Waals surface area contributed by atoms with E-state index in [9.17, 15) is 27.7 Å². The summed E-state index contributed by atoms with van der Waals surface area (Å²) in [4.78, 5) is 9.93. The normalized spacial score (nSPS) is 11.5. The van der Waals surface area contributed by atoms with Crippen molar-refractivity contribution in [3.63, 3.8) is 0 Å². The van der Waals surface area contributed by atoms with E-state index in [1.807, 2.05) is 10.7 Å². The lowest BCUT2D eigenvalue weighted by Crippen LogP contribution is -2.35. The molecule has 0 saturated carbocycles. The third-order valence-corrected chi connectivity index (χ3v) is 2.21. The van der Waals surface area contributed by atoms with Crippen LogP contribution < -0.4 is 16.6 Å². The van der Waals surface area contributed by atoms with Gasteiger partial charge in [0.25, 0.3) is 0 Å². The second-order valence-corrected chi connectivity index (χ2v) is 3.52. The van der Waals surface area contributed by atoms with Crippen molar-refractivity contribution in [2.24, 2.45) is 5.84 Å². The van der Waals surface area contributed by atoms with Gasteiger partial charge < -0.3 is 10.7 Å². The number of hydrazine groups is 1. The average molecular weight is 282 g/mol. The highest BCUT2D eigenvalue weighted by Crippen LogP contribution is 2.33. The number of nitro benzene ring substituents is 1. The third kappa shape index (κ3) is 3.44. The summed E-state index contributed by atoms with van der Waals surface area (Å²) in [5.74, 6) is 0.745.